The Morgan fingerprint density at radius 1 is 0.943 bits per heavy atom. The summed E-state index contributed by atoms with van der Waals surface area (Å²) in [6, 6.07) is 5.26. The van der Waals surface area contributed by atoms with Crippen molar-refractivity contribution in [2.24, 2.45) is 5.92 Å². The molecule has 4 rings (SSSR count). The van der Waals surface area contributed by atoms with Gasteiger partial charge in [-0.25, -0.2) is 30.3 Å². The third-order valence-electron chi connectivity index (χ3n) is 6.53. The molecule has 1 heterocycles. The van der Waals surface area contributed by atoms with Crippen LogP contribution in [0.1, 0.15) is 31.2 Å². The van der Waals surface area contributed by atoms with E-state index in [1.54, 1.807) is 4.72 Å². The molecule has 0 aromatic heterocycles. The van der Waals surface area contributed by atoms with E-state index < -0.39 is 71.4 Å². The molecule has 1 aliphatic carbocycles. The van der Waals surface area contributed by atoms with E-state index in [-0.39, 0.29) is 35.8 Å². The highest BCUT2D eigenvalue weighted by atomic mass is 35.5. The fourth-order valence-corrected chi connectivity index (χ4v) is 8.21. The summed E-state index contributed by atoms with van der Waals surface area (Å²) in [5.41, 5.74) is -6.12. The standard InChI is InChI=1S/C21H19ClF5NO5S2/c22-13-2-5-15(6-3-13)34(29,30)20-10-9-14(28-35(31,32)21(25,26)27)4-1-12(20)11-33-19-17(24)8-7-16(23)18(19)20/h2-3,5-8,12,14,28H,1,4,9-11H2/t12?,14-,20-/m1/s1. The Balaban J connectivity index is 1.88. The van der Waals surface area contributed by atoms with Crippen molar-refractivity contribution >= 4 is 31.5 Å². The average Bonchev–Trinajstić information content (AvgIpc) is 2.96. The van der Waals surface area contributed by atoms with E-state index in [0.29, 0.717) is 0 Å². The smallest absolute Gasteiger partial charge is 0.490 e. The lowest BCUT2D eigenvalue weighted by atomic mass is 9.79. The van der Waals surface area contributed by atoms with E-state index in [2.05, 4.69) is 0 Å². The van der Waals surface area contributed by atoms with Crippen molar-refractivity contribution in [1.82, 2.24) is 4.72 Å². The fourth-order valence-electron chi connectivity index (χ4n) is 4.89. The minimum atomic E-state index is -5.71. The van der Waals surface area contributed by atoms with Crippen LogP contribution in [0.5, 0.6) is 5.75 Å². The van der Waals surface area contributed by atoms with Crippen molar-refractivity contribution in [3.8, 4) is 5.75 Å². The van der Waals surface area contributed by atoms with Crippen molar-refractivity contribution in [2.45, 2.75) is 46.9 Å². The Morgan fingerprint density at radius 2 is 1.57 bits per heavy atom. The summed E-state index contributed by atoms with van der Waals surface area (Å²) in [6.07, 6.45) is -1.17. The van der Waals surface area contributed by atoms with Crippen LogP contribution in [0.3, 0.4) is 0 Å². The molecule has 2 aliphatic rings. The molecule has 1 unspecified atom stereocenters. The minimum Gasteiger partial charge on any atom is -0.490 e. The van der Waals surface area contributed by atoms with E-state index in [4.69, 9.17) is 16.3 Å². The fraction of sp³-hybridized carbons (Fsp3) is 0.429. The molecule has 1 N–H and O–H groups in total. The first-order valence-electron chi connectivity index (χ1n) is 10.4. The molecule has 2 aromatic rings. The van der Waals surface area contributed by atoms with Gasteiger partial charge in [-0.3, -0.25) is 0 Å². The van der Waals surface area contributed by atoms with Gasteiger partial charge in [0.15, 0.2) is 21.4 Å². The topological polar surface area (TPSA) is 89.5 Å². The van der Waals surface area contributed by atoms with Crippen molar-refractivity contribution in [3.63, 3.8) is 0 Å². The van der Waals surface area contributed by atoms with Crippen LogP contribution in [0, 0.1) is 17.6 Å². The van der Waals surface area contributed by atoms with Crippen molar-refractivity contribution in [1.29, 1.82) is 0 Å². The highest BCUT2D eigenvalue weighted by Gasteiger charge is 2.59. The molecule has 1 saturated carbocycles. The first kappa shape index (κ1) is 26.1. The summed E-state index contributed by atoms with van der Waals surface area (Å²) in [5, 5.41) is 0.227. The number of halogens is 6. The Bertz CT molecular complexity index is 1350. The molecule has 0 radical (unpaired) electrons. The lowest BCUT2D eigenvalue weighted by Gasteiger charge is -2.43. The summed E-state index contributed by atoms with van der Waals surface area (Å²) in [7, 11) is -10.2. The van der Waals surface area contributed by atoms with Gasteiger partial charge >= 0.3 is 15.5 Å². The minimum absolute atomic E-state index is 0.132. The van der Waals surface area contributed by atoms with Gasteiger partial charge < -0.3 is 4.74 Å². The van der Waals surface area contributed by atoms with Gasteiger partial charge in [-0.05, 0) is 62.1 Å². The zero-order valence-electron chi connectivity index (χ0n) is 17.8. The molecule has 0 saturated heterocycles. The monoisotopic (exact) mass is 559 g/mol. The lowest BCUT2D eigenvalue weighted by molar-refractivity contribution is -0.0451. The summed E-state index contributed by atoms with van der Waals surface area (Å²) in [4.78, 5) is -0.252. The molecule has 0 amide bonds. The van der Waals surface area contributed by atoms with Crippen LogP contribution in [0.2, 0.25) is 5.02 Å². The third-order valence-corrected chi connectivity index (χ3v) is 10.6. The number of rotatable bonds is 4. The molecule has 35 heavy (non-hydrogen) atoms. The number of sulfonamides is 1. The molecule has 2 aromatic carbocycles. The van der Waals surface area contributed by atoms with Crippen LogP contribution in [-0.4, -0.2) is 35.0 Å². The normalized spacial score (nSPS) is 25.2. The zero-order chi connectivity index (χ0) is 25.8. The average molecular weight is 560 g/mol. The summed E-state index contributed by atoms with van der Waals surface area (Å²) < 4.78 is 125. The van der Waals surface area contributed by atoms with E-state index in [1.807, 2.05) is 0 Å². The van der Waals surface area contributed by atoms with E-state index in [0.717, 1.165) is 12.1 Å². The van der Waals surface area contributed by atoms with E-state index >= 15 is 4.39 Å². The van der Waals surface area contributed by atoms with Gasteiger partial charge in [0, 0.05) is 17.0 Å². The largest absolute Gasteiger partial charge is 0.511 e. The van der Waals surface area contributed by atoms with Crippen LogP contribution < -0.4 is 9.46 Å². The van der Waals surface area contributed by atoms with Gasteiger partial charge in [0.1, 0.15) is 10.6 Å². The van der Waals surface area contributed by atoms with Gasteiger partial charge in [0.05, 0.1) is 17.1 Å². The van der Waals surface area contributed by atoms with Gasteiger partial charge in [0.2, 0.25) is 0 Å². The molecule has 14 heteroatoms. The molecular formula is C21H19ClF5NO5S2. The second-order valence-electron chi connectivity index (χ2n) is 8.47. The van der Waals surface area contributed by atoms with Crippen LogP contribution in [0.15, 0.2) is 41.3 Å². The molecule has 3 atom stereocenters. The van der Waals surface area contributed by atoms with Crippen molar-refractivity contribution < 1.29 is 43.5 Å². The van der Waals surface area contributed by atoms with Gasteiger partial charge in [0.25, 0.3) is 0 Å². The second-order valence-corrected chi connectivity index (χ2v) is 12.8. The van der Waals surface area contributed by atoms with Crippen molar-refractivity contribution in [3.05, 3.63) is 58.6 Å². The predicted molar refractivity (Wildman–Crippen MR) is 116 cm³/mol. The Kier molecular flexibility index (Phi) is 6.61. The maximum absolute atomic E-state index is 15.2. The SMILES string of the molecule is O=S(=O)(N[C@@H]1CCC2COc3c(F)ccc(F)c3[C@@]2(S(=O)(=O)c2ccc(Cl)cc2)CC1)C(F)(F)F. The molecule has 0 spiro atoms. The van der Waals surface area contributed by atoms with Gasteiger partial charge in [-0.15, -0.1) is 0 Å². The van der Waals surface area contributed by atoms with Crippen LogP contribution in [-0.2, 0) is 24.6 Å². The summed E-state index contributed by atoms with van der Waals surface area (Å²) in [6.45, 7) is -0.362. The van der Waals surface area contributed by atoms with Gasteiger partial charge in [-0.2, -0.15) is 13.2 Å². The second kappa shape index (κ2) is 8.86. The molecule has 0 bridgehead atoms. The first-order chi connectivity index (χ1) is 16.2. The molecule has 1 aliphatic heterocycles. The van der Waals surface area contributed by atoms with Gasteiger partial charge in [-0.1, -0.05) is 11.6 Å². The maximum atomic E-state index is 15.2. The Labute approximate surface area is 203 Å². The van der Waals surface area contributed by atoms with Crippen molar-refractivity contribution in [2.75, 3.05) is 6.61 Å². The Morgan fingerprint density at radius 3 is 2.20 bits per heavy atom. The van der Waals surface area contributed by atoms with Crippen LogP contribution in [0.25, 0.3) is 0 Å². The predicted octanol–water partition coefficient (Wildman–Crippen LogP) is 4.68. The Hall–Kier alpha value is -1.96. The number of sulfone groups is 1. The zero-order valence-corrected chi connectivity index (χ0v) is 20.2. The summed E-state index contributed by atoms with van der Waals surface area (Å²) >= 11 is 5.87. The molecule has 1 fully saturated rings. The highest BCUT2D eigenvalue weighted by molar-refractivity contribution is 7.92. The molecule has 192 valence electrons. The quantitative estimate of drug-likeness (QED) is 0.550. The molecule has 6 nitrogen and oxygen atoms in total. The third kappa shape index (κ3) is 4.30. The molecular weight excluding hydrogens is 541 g/mol. The first-order valence-corrected chi connectivity index (χ1v) is 13.8. The number of alkyl halides is 3. The van der Waals surface area contributed by atoms with E-state index in [9.17, 15) is 34.4 Å². The number of fused-ring (bicyclic) bond motifs is 3. The van der Waals surface area contributed by atoms with Crippen LogP contribution >= 0.6 is 11.6 Å². The summed E-state index contributed by atoms with van der Waals surface area (Å²) in [5.74, 6) is -3.65. The number of hydrogen-bond donors (Lipinski definition) is 1. The number of hydrogen-bond acceptors (Lipinski definition) is 5. The number of benzene rings is 2. The highest BCUT2D eigenvalue weighted by Crippen LogP contribution is 2.55. The van der Waals surface area contributed by atoms with E-state index in [1.165, 1.54) is 24.3 Å². The van der Waals surface area contributed by atoms with Crippen LogP contribution in [0.4, 0.5) is 22.0 Å². The number of nitrogens with one attached hydrogen (secondary N) is 1. The number of ether oxygens (including phenoxy) is 1. The lowest BCUT2D eigenvalue weighted by Crippen LogP contribution is -2.48. The maximum Gasteiger partial charge on any atom is 0.511 e.